The van der Waals surface area contributed by atoms with Crippen LogP contribution in [-0.2, 0) is 14.8 Å². The fraction of sp³-hybridized carbons (Fsp3) is 0.286. The van der Waals surface area contributed by atoms with Crippen molar-refractivity contribution < 1.29 is 13.2 Å². The van der Waals surface area contributed by atoms with Gasteiger partial charge in [-0.15, -0.1) is 0 Å². The molecule has 1 saturated heterocycles. The predicted molar refractivity (Wildman–Crippen MR) is 114 cm³/mol. The maximum atomic E-state index is 12.9. The highest BCUT2D eigenvalue weighted by Crippen LogP contribution is 2.20. The van der Waals surface area contributed by atoms with Gasteiger partial charge in [-0.2, -0.15) is 4.31 Å². The molecule has 2 aromatic rings. The number of piperazine rings is 1. The van der Waals surface area contributed by atoms with Gasteiger partial charge in [0.05, 0.1) is 4.90 Å². The van der Waals surface area contributed by atoms with E-state index in [9.17, 15) is 13.2 Å². The Hall–Kier alpha value is -1.96. The molecule has 0 unspecified atom stereocenters. The smallest absolute Gasteiger partial charge is 0.246 e. The van der Waals surface area contributed by atoms with Gasteiger partial charge in [-0.1, -0.05) is 34.1 Å². The van der Waals surface area contributed by atoms with Crippen LogP contribution in [0.25, 0.3) is 6.08 Å². The lowest BCUT2D eigenvalue weighted by molar-refractivity contribution is -0.127. The van der Waals surface area contributed by atoms with Gasteiger partial charge in [0.15, 0.2) is 0 Å². The molecule has 148 valence electrons. The molecule has 0 spiro atoms. The molecule has 5 nitrogen and oxygen atoms in total. The minimum Gasteiger partial charge on any atom is -0.337 e. The van der Waals surface area contributed by atoms with Gasteiger partial charge in [0.25, 0.3) is 0 Å². The highest BCUT2D eigenvalue weighted by Gasteiger charge is 2.29. The molecule has 0 saturated carbocycles. The van der Waals surface area contributed by atoms with Crippen molar-refractivity contribution in [3.63, 3.8) is 0 Å². The second-order valence-corrected chi connectivity index (χ2v) is 9.72. The lowest BCUT2D eigenvalue weighted by atomic mass is 10.1. The van der Waals surface area contributed by atoms with Gasteiger partial charge in [0.1, 0.15) is 0 Å². The van der Waals surface area contributed by atoms with Crippen LogP contribution in [0.4, 0.5) is 0 Å². The van der Waals surface area contributed by atoms with Crippen LogP contribution >= 0.6 is 15.9 Å². The Morgan fingerprint density at radius 3 is 2.36 bits per heavy atom. The Labute approximate surface area is 174 Å². The molecule has 1 aliphatic heterocycles. The van der Waals surface area contributed by atoms with E-state index in [-0.39, 0.29) is 5.91 Å². The van der Waals surface area contributed by atoms with Crippen LogP contribution in [-0.4, -0.2) is 49.7 Å². The topological polar surface area (TPSA) is 57.7 Å². The van der Waals surface area contributed by atoms with Crippen LogP contribution in [0, 0.1) is 13.8 Å². The molecule has 1 aliphatic rings. The van der Waals surface area contributed by atoms with Gasteiger partial charge in [0.2, 0.25) is 15.9 Å². The first-order chi connectivity index (χ1) is 13.3. The lowest BCUT2D eigenvalue weighted by Crippen LogP contribution is -2.50. The summed E-state index contributed by atoms with van der Waals surface area (Å²) in [6, 6.07) is 12.9. The first-order valence-corrected chi connectivity index (χ1v) is 11.3. The number of aryl methyl sites for hydroxylation is 2. The highest BCUT2D eigenvalue weighted by atomic mass is 79.9. The molecule has 0 radical (unpaired) electrons. The van der Waals surface area contributed by atoms with E-state index in [1.807, 2.05) is 44.2 Å². The van der Waals surface area contributed by atoms with E-state index in [0.29, 0.717) is 31.1 Å². The molecule has 28 heavy (non-hydrogen) atoms. The second kappa shape index (κ2) is 8.59. The second-order valence-electron chi connectivity index (χ2n) is 6.86. The SMILES string of the molecule is Cc1ccc(S(=O)(=O)N2CCN(C(=O)/C=C/c3cccc(Br)c3)CC2)cc1C. The quantitative estimate of drug-likeness (QED) is 0.651. The van der Waals surface area contributed by atoms with Crippen LogP contribution < -0.4 is 0 Å². The molecule has 7 heteroatoms. The maximum absolute atomic E-state index is 12.9. The third-order valence-corrected chi connectivity index (χ3v) is 7.32. The summed E-state index contributed by atoms with van der Waals surface area (Å²) >= 11 is 3.41. The summed E-state index contributed by atoms with van der Waals surface area (Å²) in [5.41, 5.74) is 2.94. The zero-order valence-corrected chi connectivity index (χ0v) is 18.3. The Balaban J connectivity index is 1.63. The molecule has 0 atom stereocenters. The minimum atomic E-state index is -3.54. The average Bonchev–Trinajstić information content (AvgIpc) is 2.68. The third kappa shape index (κ3) is 4.71. The number of rotatable bonds is 4. The largest absolute Gasteiger partial charge is 0.337 e. The lowest BCUT2D eigenvalue weighted by Gasteiger charge is -2.33. The van der Waals surface area contributed by atoms with Crippen LogP contribution in [0.3, 0.4) is 0 Å². The van der Waals surface area contributed by atoms with E-state index in [2.05, 4.69) is 15.9 Å². The molecule has 3 rings (SSSR count). The number of nitrogens with zero attached hydrogens (tertiary/aromatic N) is 2. The van der Waals surface area contributed by atoms with E-state index in [4.69, 9.17) is 0 Å². The highest BCUT2D eigenvalue weighted by molar-refractivity contribution is 9.10. The molecule has 1 amide bonds. The normalized spacial score (nSPS) is 15.9. The van der Waals surface area contributed by atoms with Gasteiger partial charge >= 0.3 is 0 Å². The Morgan fingerprint density at radius 1 is 1.00 bits per heavy atom. The molecule has 2 aromatic carbocycles. The summed E-state index contributed by atoms with van der Waals surface area (Å²) in [4.78, 5) is 14.4. The number of hydrogen-bond acceptors (Lipinski definition) is 3. The molecule has 0 bridgehead atoms. The number of sulfonamides is 1. The average molecular weight is 463 g/mol. The number of halogens is 1. The van der Waals surface area contributed by atoms with Crippen molar-refractivity contribution in [1.29, 1.82) is 0 Å². The first-order valence-electron chi connectivity index (χ1n) is 9.07. The summed E-state index contributed by atoms with van der Waals surface area (Å²) in [5, 5.41) is 0. The number of carbonyl (C=O) groups excluding carboxylic acids is 1. The van der Waals surface area contributed by atoms with Crippen molar-refractivity contribution in [2.45, 2.75) is 18.7 Å². The zero-order chi connectivity index (χ0) is 20.3. The summed E-state index contributed by atoms with van der Waals surface area (Å²) in [6.07, 6.45) is 3.31. The minimum absolute atomic E-state index is 0.108. The fourth-order valence-corrected chi connectivity index (χ4v) is 4.98. The predicted octanol–water partition coefficient (Wildman–Crippen LogP) is 3.61. The molecule has 0 aromatic heterocycles. The third-order valence-electron chi connectivity index (χ3n) is 4.93. The van der Waals surface area contributed by atoms with Crippen molar-refractivity contribution in [1.82, 2.24) is 9.21 Å². The summed E-state index contributed by atoms with van der Waals surface area (Å²) < 4.78 is 28.2. The molecule has 1 fully saturated rings. The van der Waals surface area contributed by atoms with Crippen molar-refractivity contribution in [2.24, 2.45) is 0 Å². The van der Waals surface area contributed by atoms with Gasteiger partial charge in [-0.3, -0.25) is 4.79 Å². The molecular formula is C21H23BrN2O3S. The number of amides is 1. The maximum Gasteiger partial charge on any atom is 0.246 e. The van der Waals surface area contributed by atoms with Crippen molar-refractivity contribution in [3.05, 3.63) is 69.7 Å². The van der Waals surface area contributed by atoms with Crippen LogP contribution in [0.5, 0.6) is 0 Å². The van der Waals surface area contributed by atoms with E-state index < -0.39 is 10.0 Å². The number of hydrogen-bond donors (Lipinski definition) is 0. The number of benzene rings is 2. The zero-order valence-electron chi connectivity index (χ0n) is 15.9. The van der Waals surface area contributed by atoms with Crippen LogP contribution in [0.1, 0.15) is 16.7 Å². The van der Waals surface area contributed by atoms with Crippen LogP contribution in [0.15, 0.2) is 57.9 Å². The monoisotopic (exact) mass is 462 g/mol. The summed E-state index contributed by atoms with van der Waals surface area (Å²) in [6.45, 7) is 5.22. The molecule has 0 aliphatic carbocycles. The number of carbonyl (C=O) groups is 1. The van der Waals surface area contributed by atoms with E-state index >= 15 is 0 Å². The molecular weight excluding hydrogens is 440 g/mol. The standard InChI is InChI=1S/C21H23BrN2O3S/c1-16-6-8-20(14-17(16)2)28(26,27)24-12-10-23(11-13-24)21(25)9-7-18-4-3-5-19(22)15-18/h3-9,14-15H,10-13H2,1-2H3/b9-7+. The van der Waals surface area contributed by atoms with Crippen molar-refractivity contribution in [2.75, 3.05) is 26.2 Å². The fourth-order valence-electron chi connectivity index (χ4n) is 3.06. The van der Waals surface area contributed by atoms with Gasteiger partial charge in [-0.05, 0) is 60.9 Å². The van der Waals surface area contributed by atoms with Gasteiger partial charge in [-0.25, -0.2) is 8.42 Å². The van der Waals surface area contributed by atoms with Gasteiger partial charge < -0.3 is 4.90 Å². The van der Waals surface area contributed by atoms with E-state index in [1.165, 1.54) is 10.4 Å². The first kappa shape index (κ1) is 20.8. The Bertz CT molecular complexity index is 1010. The van der Waals surface area contributed by atoms with Crippen LogP contribution in [0.2, 0.25) is 0 Å². The molecule has 0 N–H and O–H groups in total. The van der Waals surface area contributed by atoms with Gasteiger partial charge in [0, 0.05) is 36.7 Å². The summed E-state index contributed by atoms with van der Waals surface area (Å²) in [7, 11) is -3.54. The van der Waals surface area contributed by atoms with Crippen molar-refractivity contribution in [3.8, 4) is 0 Å². The van der Waals surface area contributed by atoms with Crippen molar-refractivity contribution >= 4 is 37.9 Å². The summed E-state index contributed by atoms with van der Waals surface area (Å²) in [5.74, 6) is -0.108. The molecule has 1 heterocycles. The van der Waals surface area contributed by atoms with E-state index in [1.54, 1.807) is 23.1 Å². The van der Waals surface area contributed by atoms with E-state index in [0.717, 1.165) is 21.2 Å². The Kier molecular flexibility index (Phi) is 6.37. The Morgan fingerprint density at radius 2 is 1.71 bits per heavy atom.